The molecule has 94 valence electrons. The summed E-state index contributed by atoms with van der Waals surface area (Å²) in [7, 11) is 0. The lowest BCUT2D eigenvalue weighted by Gasteiger charge is -2.33. The average Bonchev–Trinajstić information content (AvgIpc) is 2.82. The zero-order valence-electron chi connectivity index (χ0n) is 9.67. The Kier molecular flexibility index (Phi) is 4.53. The highest BCUT2D eigenvalue weighted by molar-refractivity contribution is 7.09. The van der Waals surface area contributed by atoms with Crippen LogP contribution in [-0.4, -0.2) is 48.3 Å². The van der Waals surface area contributed by atoms with Gasteiger partial charge in [-0.2, -0.15) is 0 Å². The van der Waals surface area contributed by atoms with Crippen molar-refractivity contribution >= 4 is 17.3 Å². The summed E-state index contributed by atoms with van der Waals surface area (Å²) in [5, 5.41) is 11.0. The molecule has 1 aliphatic rings. The molecule has 2 rings (SSSR count). The lowest BCUT2D eigenvalue weighted by atomic mass is 10.1. The number of thiophene rings is 1. The van der Waals surface area contributed by atoms with Crippen LogP contribution in [0.3, 0.4) is 0 Å². The van der Waals surface area contributed by atoms with Gasteiger partial charge in [-0.25, -0.2) is 0 Å². The van der Waals surface area contributed by atoms with E-state index in [1.807, 2.05) is 11.4 Å². The van der Waals surface area contributed by atoms with Gasteiger partial charge in [0, 0.05) is 24.0 Å². The number of nitrogens with zero attached hydrogens (tertiary/aromatic N) is 1. The minimum Gasteiger partial charge on any atom is -0.481 e. The van der Waals surface area contributed by atoms with Crippen LogP contribution in [0, 0.1) is 0 Å². The summed E-state index contributed by atoms with van der Waals surface area (Å²) in [6.07, 6.45) is 1.03. The summed E-state index contributed by atoms with van der Waals surface area (Å²) in [4.78, 5) is 14.4. The summed E-state index contributed by atoms with van der Waals surface area (Å²) in [5.41, 5.74) is 0. The summed E-state index contributed by atoms with van der Waals surface area (Å²) in [6.45, 7) is 3.09. The van der Waals surface area contributed by atoms with Gasteiger partial charge in [-0.1, -0.05) is 6.07 Å². The largest absolute Gasteiger partial charge is 0.481 e. The molecular weight excluding hydrogens is 238 g/mol. The molecule has 0 bridgehead atoms. The van der Waals surface area contributed by atoms with Crippen LogP contribution in [0.25, 0.3) is 0 Å². The third-order valence-electron chi connectivity index (χ3n) is 2.99. The number of rotatable bonds is 5. The minimum absolute atomic E-state index is 0.0926. The van der Waals surface area contributed by atoms with Crippen LogP contribution >= 0.6 is 11.3 Å². The first kappa shape index (κ1) is 12.5. The smallest absolute Gasteiger partial charge is 0.304 e. The van der Waals surface area contributed by atoms with Gasteiger partial charge in [0.05, 0.1) is 19.6 Å². The van der Waals surface area contributed by atoms with E-state index in [0.29, 0.717) is 13.2 Å². The number of carboxylic acid groups (broad SMARTS) is 1. The Morgan fingerprint density at radius 2 is 2.29 bits per heavy atom. The molecule has 1 unspecified atom stereocenters. The molecule has 1 saturated heterocycles. The molecule has 0 saturated carbocycles. The molecule has 1 aromatic rings. The van der Waals surface area contributed by atoms with Gasteiger partial charge in [0.2, 0.25) is 0 Å². The van der Waals surface area contributed by atoms with Crippen molar-refractivity contribution < 1.29 is 14.6 Å². The molecule has 0 aliphatic carbocycles. The maximum Gasteiger partial charge on any atom is 0.304 e. The van der Waals surface area contributed by atoms with Crippen molar-refractivity contribution in [1.29, 1.82) is 0 Å². The van der Waals surface area contributed by atoms with E-state index < -0.39 is 5.97 Å². The van der Waals surface area contributed by atoms with Crippen LogP contribution in [0.4, 0.5) is 0 Å². The number of ether oxygens (including phenoxy) is 1. The molecule has 0 amide bonds. The lowest BCUT2D eigenvalue weighted by molar-refractivity contribution is -0.138. The zero-order chi connectivity index (χ0) is 12.1. The third-order valence-corrected chi connectivity index (χ3v) is 3.89. The molecule has 0 aromatic carbocycles. The first-order valence-corrected chi connectivity index (χ1v) is 6.69. The third kappa shape index (κ3) is 3.80. The summed E-state index contributed by atoms with van der Waals surface area (Å²) < 4.78 is 5.30. The van der Waals surface area contributed by atoms with Crippen LogP contribution in [0.1, 0.15) is 11.3 Å². The van der Waals surface area contributed by atoms with E-state index >= 15 is 0 Å². The number of hydrogen-bond donors (Lipinski definition) is 1. The number of morpholine rings is 1. The van der Waals surface area contributed by atoms with E-state index in [2.05, 4.69) is 11.0 Å². The average molecular weight is 255 g/mol. The van der Waals surface area contributed by atoms with Crippen LogP contribution in [0.5, 0.6) is 0 Å². The highest BCUT2D eigenvalue weighted by Gasteiger charge is 2.23. The lowest BCUT2D eigenvalue weighted by Crippen LogP contribution is -2.45. The van der Waals surface area contributed by atoms with Gasteiger partial charge in [-0.15, -0.1) is 11.3 Å². The Labute approximate surface area is 105 Å². The Morgan fingerprint density at radius 3 is 2.88 bits per heavy atom. The Bertz CT molecular complexity index is 347. The molecule has 2 heterocycles. The van der Waals surface area contributed by atoms with Crippen LogP contribution in [0.15, 0.2) is 17.5 Å². The summed E-state index contributed by atoms with van der Waals surface area (Å²) in [5.74, 6) is -0.724. The Morgan fingerprint density at radius 1 is 1.53 bits per heavy atom. The first-order valence-electron chi connectivity index (χ1n) is 5.81. The molecular formula is C12H17NO3S. The van der Waals surface area contributed by atoms with Crippen molar-refractivity contribution in [3.05, 3.63) is 22.4 Å². The van der Waals surface area contributed by atoms with Crippen molar-refractivity contribution in [1.82, 2.24) is 4.90 Å². The molecule has 17 heavy (non-hydrogen) atoms. The normalized spacial score (nSPS) is 19.1. The standard InChI is InChI=1S/C12H17NO3S/c14-12(15)9-10(8-11-2-1-7-17-11)13-3-5-16-6-4-13/h1-2,7,10H,3-6,8-9H2,(H,14,15). The molecule has 1 aromatic heterocycles. The predicted molar refractivity (Wildman–Crippen MR) is 66.5 cm³/mol. The number of aliphatic carboxylic acids is 1. The second-order valence-corrected chi connectivity index (χ2v) is 5.22. The predicted octanol–water partition coefficient (Wildman–Crippen LogP) is 1.47. The highest BCUT2D eigenvalue weighted by Crippen LogP contribution is 2.17. The fourth-order valence-electron chi connectivity index (χ4n) is 2.14. The number of carbonyl (C=O) groups is 1. The Hall–Kier alpha value is -0.910. The van der Waals surface area contributed by atoms with Gasteiger partial charge in [0.1, 0.15) is 0 Å². The maximum absolute atomic E-state index is 10.9. The van der Waals surface area contributed by atoms with E-state index in [4.69, 9.17) is 9.84 Å². The van der Waals surface area contributed by atoms with Gasteiger partial charge < -0.3 is 9.84 Å². The molecule has 5 heteroatoms. The van der Waals surface area contributed by atoms with Crippen LogP contribution in [0.2, 0.25) is 0 Å². The molecule has 0 radical (unpaired) electrons. The minimum atomic E-state index is -0.724. The van der Waals surface area contributed by atoms with Crippen molar-refractivity contribution in [3.8, 4) is 0 Å². The Balaban J connectivity index is 1.98. The molecule has 1 aliphatic heterocycles. The highest BCUT2D eigenvalue weighted by atomic mass is 32.1. The zero-order valence-corrected chi connectivity index (χ0v) is 10.5. The van der Waals surface area contributed by atoms with Crippen molar-refractivity contribution in [3.63, 3.8) is 0 Å². The van der Waals surface area contributed by atoms with E-state index in [9.17, 15) is 4.79 Å². The van der Waals surface area contributed by atoms with Gasteiger partial charge in [-0.05, 0) is 17.9 Å². The van der Waals surface area contributed by atoms with Gasteiger partial charge >= 0.3 is 5.97 Å². The van der Waals surface area contributed by atoms with Crippen LogP contribution < -0.4 is 0 Å². The topological polar surface area (TPSA) is 49.8 Å². The van der Waals surface area contributed by atoms with E-state index in [0.717, 1.165) is 19.5 Å². The van der Waals surface area contributed by atoms with Gasteiger partial charge in [0.15, 0.2) is 0 Å². The maximum atomic E-state index is 10.9. The van der Waals surface area contributed by atoms with E-state index in [-0.39, 0.29) is 12.5 Å². The van der Waals surface area contributed by atoms with Crippen molar-refractivity contribution in [2.24, 2.45) is 0 Å². The van der Waals surface area contributed by atoms with Gasteiger partial charge in [0.25, 0.3) is 0 Å². The van der Waals surface area contributed by atoms with Crippen molar-refractivity contribution in [2.75, 3.05) is 26.3 Å². The SMILES string of the molecule is O=C(O)CC(Cc1cccs1)N1CCOCC1. The quantitative estimate of drug-likeness (QED) is 0.865. The second kappa shape index (κ2) is 6.14. The van der Waals surface area contributed by atoms with Gasteiger partial charge in [-0.3, -0.25) is 9.69 Å². The number of carboxylic acids is 1. The van der Waals surface area contributed by atoms with E-state index in [1.54, 1.807) is 11.3 Å². The molecule has 4 nitrogen and oxygen atoms in total. The first-order chi connectivity index (χ1) is 8.25. The molecule has 1 fully saturated rings. The molecule has 1 atom stereocenters. The van der Waals surface area contributed by atoms with E-state index in [1.165, 1.54) is 4.88 Å². The fourth-order valence-corrected chi connectivity index (χ4v) is 2.91. The summed E-state index contributed by atoms with van der Waals surface area (Å²) in [6, 6.07) is 4.17. The molecule has 1 N–H and O–H groups in total. The van der Waals surface area contributed by atoms with Crippen LogP contribution in [-0.2, 0) is 16.0 Å². The number of hydrogen-bond acceptors (Lipinski definition) is 4. The summed E-state index contributed by atoms with van der Waals surface area (Å²) >= 11 is 1.69. The molecule has 0 spiro atoms. The fraction of sp³-hybridized carbons (Fsp3) is 0.583. The monoisotopic (exact) mass is 255 g/mol. The second-order valence-electron chi connectivity index (χ2n) is 4.18. The van der Waals surface area contributed by atoms with Crippen molar-refractivity contribution in [2.45, 2.75) is 18.9 Å².